The average molecular weight is 476 g/mol. The Morgan fingerprint density at radius 3 is 2.40 bits per heavy atom. The van der Waals surface area contributed by atoms with Crippen LogP contribution in [0.1, 0.15) is 6.42 Å². The number of nitrogens with one attached hydrogen (secondary N) is 1. The van der Waals surface area contributed by atoms with E-state index in [4.69, 9.17) is 23.2 Å². The highest BCUT2D eigenvalue weighted by Gasteiger charge is 2.31. The lowest BCUT2D eigenvalue weighted by atomic mass is 10.2. The Morgan fingerprint density at radius 1 is 1.10 bits per heavy atom. The van der Waals surface area contributed by atoms with Gasteiger partial charge in [0, 0.05) is 30.1 Å². The van der Waals surface area contributed by atoms with Crippen molar-refractivity contribution in [3.05, 3.63) is 52.8 Å². The summed E-state index contributed by atoms with van der Waals surface area (Å²) < 4.78 is 40.2. The van der Waals surface area contributed by atoms with Crippen LogP contribution >= 0.6 is 35.0 Å². The maximum atomic E-state index is 13.1. The smallest absolute Gasteiger partial charge is 0.324 e. The van der Waals surface area contributed by atoms with Crippen LogP contribution in [0.15, 0.2) is 47.9 Å². The van der Waals surface area contributed by atoms with E-state index in [1.165, 1.54) is 12.4 Å². The van der Waals surface area contributed by atoms with Gasteiger partial charge in [-0.05, 0) is 24.3 Å². The first kappa shape index (κ1) is 22.4. The number of hydrogen-bond acceptors (Lipinski definition) is 5. The highest BCUT2D eigenvalue weighted by atomic mass is 35.5. The largest absolute Gasteiger partial charge is 0.406 e. The van der Waals surface area contributed by atoms with Crippen LogP contribution in [0.25, 0.3) is 11.4 Å². The number of nitrogens with zero attached hydrogens (tertiary/aromatic N) is 4. The molecule has 2 aromatic heterocycles. The van der Waals surface area contributed by atoms with E-state index in [9.17, 15) is 18.0 Å². The molecule has 158 valence electrons. The van der Waals surface area contributed by atoms with Crippen molar-refractivity contribution >= 4 is 46.6 Å². The maximum Gasteiger partial charge on any atom is 0.406 e. The molecule has 0 fully saturated rings. The standard InChI is InChI=1S/C18H14Cl2F3N5OS/c19-12-2-1-3-13(20)15(12)25-14(29)6-9-30-17-27-26-16(11-4-7-24-8-5-11)28(17)10-18(21,22)23/h1-5,7-8H,6,9-10H2,(H,25,29). The number of para-hydroxylation sites is 1. The number of pyridine rings is 1. The van der Waals surface area contributed by atoms with Gasteiger partial charge in [-0.15, -0.1) is 10.2 Å². The van der Waals surface area contributed by atoms with Crippen LogP contribution in [0.2, 0.25) is 10.0 Å². The van der Waals surface area contributed by atoms with Gasteiger partial charge in [-0.3, -0.25) is 14.3 Å². The van der Waals surface area contributed by atoms with E-state index in [1.807, 2.05) is 0 Å². The molecular weight excluding hydrogens is 462 g/mol. The molecule has 0 aliphatic heterocycles. The highest BCUT2D eigenvalue weighted by Crippen LogP contribution is 2.31. The Labute approximate surface area is 183 Å². The van der Waals surface area contributed by atoms with Gasteiger partial charge >= 0.3 is 6.18 Å². The monoisotopic (exact) mass is 475 g/mol. The molecule has 12 heteroatoms. The zero-order valence-corrected chi connectivity index (χ0v) is 17.5. The first-order chi connectivity index (χ1) is 14.2. The molecule has 0 radical (unpaired) electrons. The predicted octanol–water partition coefficient (Wildman–Crippen LogP) is 5.33. The number of aromatic nitrogens is 4. The van der Waals surface area contributed by atoms with Crippen LogP contribution in [-0.2, 0) is 11.3 Å². The molecule has 0 spiro atoms. The van der Waals surface area contributed by atoms with Gasteiger partial charge in [0.25, 0.3) is 0 Å². The van der Waals surface area contributed by atoms with Crippen molar-refractivity contribution in [1.82, 2.24) is 19.7 Å². The highest BCUT2D eigenvalue weighted by molar-refractivity contribution is 7.99. The number of anilines is 1. The topological polar surface area (TPSA) is 72.7 Å². The van der Waals surface area contributed by atoms with Gasteiger partial charge in [0.15, 0.2) is 11.0 Å². The molecule has 2 heterocycles. The normalized spacial score (nSPS) is 11.5. The number of alkyl halides is 3. The van der Waals surface area contributed by atoms with Gasteiger partial charge in [-0.2, -0.15) is 13.2 Å². The van der Waals surface area contributed by atoms with Gasteiger partial charge in [0.1, 0.15) is 6.54 Å². The molecule has 1 N–H and O–H groups in total. The molecule has 1 aromatic carbocycles. The third-order valence-electron chi connectivity index (χ3n) is 3.78. The number of halogens is 5. The third kappa shape index (κ3) is 5.87. The molecule has 30 heavy (non-hydrogen) atoms. The van der Waals surface area contributed by atoms with Crippen molar-refractivity contribution < 1.29 is 18.0 Å². The fourth-order valence-corrected chi connectivity index (χ4v) is 3.85. The van der Waals surface area contributed by atoms with Gasteiger partial charge in [-0.25, -0.2) is 0 Å². The molecule has 0 aliphatic rings. The van der Waals surface area contributed by atoms with Crippen LogP contribution in [0.3, 0.4) is 0 Å². The molecule has 1 amide bonds. The van der Waals surface area contributed by atoms with E-state index in [1.54, 1.807) is 30.3 Å². The minimum absolute atomic E-state index is 0.00961. The lowest BCUT2D eigenvalue weighted by Crippen LogP contribution is -2.19. The quantitative estimate of drug-likeness (QED) is 0.467. The lowest BCUT2D eigenvalue weighted by molar-refractivity contribution is -0.141. The molecule has 3 aromatic rings. The summed E-state index contributed by atoms with van der Waals surface area (Å²) in [4.78, 5) is 16.0. The molecule has 0 unspecified atom stereocenters. The van der Waals surface area contributed by atoms with E-state index in [-0.39, 0.29) is 44.8 Å². The molecule has 3 rings (SSSR count). The Bertz CT molecular complexity index is 1010. The number of benzene rings is 1. The van der Waals surface area contributed by atoms with Gasteiger partial charge in [0.2, 0.25) is 5.91 Å². The summed E-state index contributed by atoms with van der Waals surface area (Å²) in [6.07, 6.45) is -1.54. The fourth-order valence-electron chi connectivity index (χ4n) is 2.49. The fraction of sp³-hybridized carbons (Fsp3) is 0.222. The van der Waals surface area contributed by atoms with E-state index in [0.717, 1.165) is 16.3 Å². The Hall–Kier alpha value is -2.30. The van der Waals surface area contributed by atoms with Gasteiger partial charge in [-0.1, -0.05) is 41.0 Å². The summed E-state index contributed by atoms with van der Waals surface area (Å²) in [5, 5.41) is 11.0. The summed E-state index contributed by atoms with van der Waals surface area (Å²) in [5.41, 5.74) is 0.746. The van der Waals surface area contributed by atoms with Gasteiger partial charge < -0.3 is 5.32 Å². The zero-order chi connectivity index (χ0) is 21.7. The summed E-state index contributed by atoms with van der Waals surface area (Å²) >= 11 is 13.0. The third-order valence-corrected chi connectivity index (χ3v) is 5.38. The average Bonchev–Trinajstić information content (AvgIpc) is 3.06. The summed E-state index contributed by atoms with van der Waals surface area (Å²) in [5.74, 6) is -0.126. The van der Waals surface area contributed by atoms with Crippen molar-refractivity contribution in [2.75, 3.05) is 11.1 Å². The Kier molecular flexibility index (Phi) is 7.22. The number of carbonyl (C=O) groups is 1. The minimum atomic E-state index is -4.46. The van der Waals surface area contributed by atoms with Crippen molar-refractivity contribution in [3.8, 4) is 11.4 Å². The van der Waals surface area contributed by atoms with Crippen LogP contribution < -0.4 is 5.32 Å². The van der Waals surface area contributed by atoms with E-state index in [2.05, 4.69) is 20.5 Å². The molecule has 0 atom stereocenters. The number of rotatable bonds is 7. The van der Waals surface area contributed by atoms with Crippen molar-refractivity contribution in [2.24, 2.45) is 0 Å². The van der Waals surface area contributed by atoms with E-state index < -0.39 is 12.7 Å². The lowest BCUT2D eigenvalue weighted by Gasteiger charge is -2.12. The van der Waals surface area contributed by atoms with Crippen LogP contribution in [0.5, 0.6) is 0 Å². The Balaban J connectivity index is 1.69. The molecular formula is C18H14Cl2F3N5OS. The number of amides is 1. The minimum Gasteiger partial charge on any atom is -0.324 e. The summed E-state index contributed by atoms with van der Waals surface area (Å²) in [6.45, 7) is -1.25. The van der Waals surface area contributed by atoms with Crippen molar-refractivity contribution in [1.29, 1.82) is 0 Å². The van der Waals surface area contributed by atoms with E-state index in [0.29, 0.717) is 5.56 Å². The van der Waals surface area contributed by atoms with Gasteiger partial charge in [0.05, 0.1) is 15.7 Å². The van der Waals surface area contributed by atoms with Crippen molar-refractivity contribution in [3.63, 3.8) is 0 Å². The van der Waals surface area contributed by atoms with Crippen molar-refractivity contribution in [2.45, 2.75) is 24.3 Å². The second-order valence-corrected chi connectivity index (χ2v) is 7.86. The Morgan fingerprint density at radius 2 is 1.77 bits per heavy atom. The first-order valence-corrected chi connectivity index (χ1v) is 10.3. The summed E-state index contributed by atoms with van der Waals surface area (Å²) in [6, 6.07) is 7.90. The first-order valence-electron chi connectivity index (χ1n) is 8.51. The number of thioether (sulfide) groups is 1. The summed E-state index contributed by atoms with van der Waals surface area (Å²) in [7, 11) is 0. The van der Waals surface area contributed by atoms with Crippen LogP contribution in [-0.4, -0.2) is 37.6 Å². The molecule has 6 nitrogen and oxygen atoms in total. The predicted molar refractivity (Wildman–Crippen MR) is 110 cm³/mol. The SMILES string of the molecule is O=C(CCSc1nnc(-c2ccncc2)n1CC(F)(F)F)Nc1c(Cl)cccc1Cl. The number of hydrogen-bond donors (Lipinski definition) is 1. The van der Waals surface area contributed by atoms with Crippen LogP contribution in [0.4, 0.5) is 18.9 Å². The van der Waals surface area contributed by atoms with Crippen LogP contribution in [0, 0.1) is 0 Å². The molecule has 0 bridgehead atoms. The second kappa shape index (κ2) is 9.67. The molecule has 0 saturated carbocycles. The van der Waals surface area contributed by atoms with E-state index >= 15 is 0 Å². The molecule has 0 saturated heterocycles. The zero-order valence-electron chi connectivity index (χ0n) is 15.2. The molecule has 0 aliphatic carbocycles. The number of carbonyl (C=O) groups excluding carboxylic acids is 1. The second-order valence-electron chi connectivity index (χ2n) is 5.99. The maximum absolute atomic E-state index is 13.1.